The number of rotatable bonds is 3. The summed E-state index contributed by atoms with van der Waals surface area (Å²) in [5.74, 6) is 0. The highest BCUT2D eigenvalue weighted by molar-refractivity contribution is 7.18. The monoisotopic (exact) mass is 339 g/mol. The number of thiophene rings is 1. The second-order valence-electron chi connectivity index (χ2n) is 6.62. The van der Waals surface area contributed by atoms with E-state index in [-0.39, 0.29) is 11.6 Å². The average Bonchev–Trinajstić information content (AvgIpc) is 2.79. The first-order valence-electron chi connectivity index (χ1n) is 8.64. The Morgan fingerprint density at radius 1 is 1.29 bits per heavy atom. The highest BCUT2D eigenvalue weighted by atomic mass is 32.1. The number of aromatic nitrogens is 3. The first-order chi connectivity index (χ1) is 11.7. The molecule has 0 spiro atoms. The Morgan fingerprint density at radius 3 is 3.00 bits per heavy atom. The lowest BCUT2D eigenvalue weighted by molar-refractivity contribution is 0.522. The normalized spacial score (nSPS) is 15.9. The van der Waals surface area contributed by atoms with E-state index in [0.717, 1.165) is 35.0 Å². The van der Waals surface area contributed by atoms with Crippen LogP contribution in [-0.4, -0.2) is 14.5 Å². The molecule has 4 nitrogen and oxygen atoms in total. The van der Waals surface area contributed by atoms with E-state index in [1.54, 1.807) is 28.4 Å². The Bertz CT molecular complexity index is 914. The Kier molecular flexibility index (Phi) is 4.19. The molecule has 24 heavy (non-hydrogen) atoms. The molecule has 0 fully saturated rings. The van der Waals surface area contributed by atoms with Crippen LogP contribution in [0.15, 0.2) is 35.6 Å². The minimum Gasteiger partial charge on any atom is -0.295 e. The minimum absolute atomic E-state index is 0.0694. The summed E-state index contributed by atoms with van der Waals surface area (Å²) in [7, 11) is 0. The van der Waals surface area contributed by atoms with E-state index in [1.807, 2.05) is 12.3 Å². The summed E-state index contributed by atoms with van der Waals surface area (Å²) in [5, 5.41) is 0.873. The van der Waals surface area contributed by atoms with Gasteiger partial charge in [0.05, 0.1) is 11.7 Å². The third kappa shape index (κ3) is 2.77. The van der Waals surface area contributed by atoms with Gasteiger partial charge in [0.1, 0.15) is 4.83 Å². The largest absolute Gasteiger partial charge is 0.295 e. The van der Waals surface area contributed by atoms with Crippen LogP contribution in [-0.2, 0) is 19.3 Å². The van der Waals surface area contributed by atoms with E-state index in [0.29, 0.717) is 0 Å². The number of hydrogen-bond donors (Lipinski definition) is 0. The molecular formula is C19H21N3OS. The molecule has 0 radical (unpaired) electrons. The molecule has 0 saturated heterocycles. The van der Waals surface area contributed by atoms with Crippen molar-refractivity contribution >= 4 is 21.6 Å². The van der Waals surface area contributed by atoms with E-state index >= 15 is 0 Å². The molecule has 1 aliphatic rings. The maximum atomic E-state index is 13.1. The van der Waals surface area contributed by atoms with Gasteiger partial charge in [-0.25, -0.2) is 4.98 Å². The van der Waals surface area contributed by atoms with E-state index in [4.69, 9.17) is 0 Å². The molecule has 5 heteroatoms. The van der Waals surface area contributed by atoms with Gasteiger partial charge >= 0.3 is 0 Å². The topological polar surface area (TPSA) is 47.8 Å². The van der Waals surface area contributed by atoms with Crippen molar-refractivity contribution in [2.24, 2.45) is 0 Å². The molecule has 0 saturated carbocycles. The van der Waals surface area contributed by atoms with Gasteiger partial charge in [0, 0.05) is 23.3 Å². The van der Waals surface area contributed by atoms with Gasteiger partial charge in [0.25, 0.3) is 5.56 Å². The van der Waals surface area contributed by atoms with Gasteiger partial charge in [0.15, 0.2) is 0 Å². The lowest BCUT2D eigenvalue weighted by Gasteiger charge is -2.14. The molecule has 124 valence electrons. The fourth-order valence-corrected chi connectivity index (χ4v) is 4.83. The van der Waals surface area contributed by atoms with Gasteiger partial charge in [-0.15, -0.1) is 11.3 Å². The maximum absolute atomic E-state index is 13.1. The molecular weight excluding hydrogens is 318 g/mol. The van der Waals surface area contributed by atoms with Crippen molar-refractivity contribution in [3.8, 4) is 0 Å². The van der Waals surface area contributed by atoms with Crippen molar-refractivity contribution in [3.05, 3.63) is 57.2 Å². The summed E-state index contributed by atoms with van der Waals surface area (Å²) >= 11 is 1.72. The number of hydrogen-bond acceptors (Lipinski definition) is 4. The van der Waals surface area contributed by atoms with Crippen molar-refractivity contribution in [3.63, 3.8) is 0 Å². The third-order valence-corrected chi connectivity index (χ3v) is 6.08. The summed E-state index contributed by atoms with van der Waals surface area (Å²) in [6.45, 7) is 2.08. The van der Waals surface area contributed by atoms with Gasteiger partial charge in [-0.1, -0.05) is 12.5 Å². The second kappa shape index (κ2) is 6.48. The van der Waals surface area contributed by atoms with Crippen molar-refractivity contribution < 1.29 is 0 Å². The lowest BCUT2D eigenvalue weighted by Crippen LogP contribution is -2.25. The van der Waals surface area contributed by atoms with Crippen molar-refractivity contribution in [2.45, 2.75) is 51.5 Å². The smallest absolute Gasteiger partial charge is 0.262 e. The van der Waals surface area contributed by atoms with Crippen molar-refractivity contribution in [1.29, 1.82) is 0 Å². The molecule has 3 heterocycles. The lowest BCUT2D eigenvalue weighted by atomic mass is 10.1. The van der Waals surface area contributed by atoms with Crippen LogP contribution in [0.3, 0.4) is 0 Å². The molecule has 0 bridgehead atoms. The van der Waals surface area contributed by atoms with Crippen LogP contribution in [0.2, 0.25) is 0 Å². The van der Waals surface area contributed by atoms with Gasteiger partial charge < -0.3 is 0 Å². The summed E-state index contributed by atoms with van der Waals surface area (Å²) in [6, 6.07) is 4.06. The Morgan fingerprint density at radius 2 is 2.17 bits per heavy atom. The van der Waals surface area contributed by atoms with E-state index in [2.05, 4.69) is 23.0 Å². The van der Waals surface area contributed by atoms with Crippen LogP contribution in [0, 0.1) is 0 Å². The Labute approximate surface area is 145 Å². The highest BCUT2D eigenvalue weighted by Crippen LogP contribution is 2.32. The van der Waals surface area contributed by atoms with Gasteiger partial charge in [-0.3, -0.25) is 14.3 Å². The number of nitrogens with zero attached hydrogens (tertiary/aromatic N) is 3. The summed E-state index contributed by atoms with van der Waals surface area (Å²) < 4.78 is 1.80. The first-order valence-corrected chi connectivity index (χ1v) is 9.46. The molecule has 3 aromatic heterocycles. The molecule has 1 atom stereocenters. The highest BCUT2D eigenvalue weighted by Gasteiger charge is 2.20. The molecule has 0 amide bonds. The molecule has 1 unspecified atom stereocenters. The fourth-order valence-electron chi connectivity index (χ4n) is 3.61. The predicted octanol–water partition coefficient (Wildman–Crippen LogP) is 3.93. The minimum atomic E-state index is 0.0694. The predicted molar refractivity (Wildman–Crippen MR) is 97.8 cm³/mol. The molecule has 0 N–H and O–H groups in total. The third-order valence-electron chi connectivity index (χ3n) is 4.88. The summed E-state index contributed by atoms with van der Waals surface area (Å²) in [4.78, 5) is 24.2. The van der Waals surface area contributed by atoms with Crippen LogP contribution in [0.5, 0.6) is 0 Å². The average molecular weight is 339 g/mol. The van der Waals surface area contributed by atoms with E-state index in [1.165, 1.54) is 29.7 Å². The van der Waals surface area contributed by atoms with Crippen LogP contribution in [0.1, 0.15) is 48.2 Å². The SMILES string of the molecule is CC(Cc1cccnc1)n1cnc2sc3c(c2c1=O)CCCCC3. The Balaban J connectivity index is 1.75. The van der Waals surface area contributed by atoms with Crippen LogP contribution in [0.25, 0.3) is 10.2 Å². The number of fused-ring (bicyclic) bond motifs is 3. The van der Waals surface area contributed by atoms with Gasteiger partial charge in [-0.05, 0) is 56.2 Å². The zero-order valence-corrected chi connectivity index (χ0v) is 14.7. The fraction of sp³-hybridized carbons (Fsp3) is 0.421. The van der Waals surface area contributed by atoms with E-state index < -0.39 is 0 Å². The standard InChI is InChI=1S/C19H21N3OS/c1-13(10-14-6-5-9-20-11-14)22-12-21-18-17(19(22)23)15-7-3-2-4-8-16(15)24-18/h5-6,9,11-13H,2-4,7-8,10H2,1H3. The zero-order valence-electron chi connectivity index (χ0n) is 13.9. The second-order valence-corrected chi connectivity index (χ2v) is 7.70. The quantitative estimate of drug-likeness (QED) is 0.679. The Hall–Kier alpha value is -2.01. The summed E-state index contributed by atoms with van der Waals surface area (Å²) in [5.41, 5.74) is 2.53. The van der Waals surface area contributed by atoms with Crippen molar-refractivity contribution in [1.82, 2.24) is 14.5 Å². The van der Waals surface area contributed by atoms with Gasteiger partial charge in [-0.2, -0.15) is 0 Å². The summed E-state index contributed by atoms with van der Waals surface area (Å²) in [6.07, 6.45) is 11.9. The molecule has 4 rings (SSSR count). The van der Waals surface area contributed by atoms with Gasteiger partial charge in [0.2, 0.25) is 0 Å². The van der Waals surface area contributed by atoms with E-state index in [9.17, 15) is 4.79 Å². The van der Waals surface area contributed by atoms with Crippen molar-refractivity contribution in [2.75, 3.05) is 0 Å². The van der Waals surface area contributed by atoms with Crippen LogP contribution in [0.4, 0.5) is 0 Å². The number of pyridine rings is 1. The molecule has 0 aliphatic heterocycles. The molecule has 3 aromatic rings. The zero-order chi connectivity index (χ0) is 16.5. The molecule has 0 aromatic carbocycles. The number of aryl methyl sites for hydroxylation is 2. The van der Waals surface area contributed by atoms with Crippen LogP contribution >= 0.6 is 11.3 Å². The molecule has 1 aliphatic carbocycles. The first kappa shape index (κ1) is 15.5. The van der Waals surface area contributed by atoms with Crippen LogP contribution < -0.4 is 5.56 Å². The maximum Gasteiger partial charge on any atom is 0.262 e.